The standard InChI is InChI=1S/C18H16N4OS2/c1-11(2)10-22(17(23)13-5-3-12(9-19)4-6-13)15-8-7-14-16(21-15)25-18(24)20-14/h3-8,11H,10H2,1-2H3,(H,20,24). The minimum absolute atomic E-state index is 0.138. The van der Waals surface area contributed by atoms with E-state index in [0.29, 0.717) is 27.8 Å². The zero-order valence-electron chi connectivity index (χ0n) is 13.8. The lowest BCUT2D eigenvalue weighted by atomic mass is 10.1. The Bertz CT molecular complexity index is 957. The molecular weight excluding hydrogens is 352 g/mol. The first kappa shape index (κ1) is 17.4. The van der Waals surface area contributed by atoms with Gasteiger partial charge in [-0.05, 0) is 42.3 Å². The Kier molecular flexibility index (Phi) is 5.02. The number of thiazole rings is 1. The molecule has 5 nitrogen and oxygen atoms in total. The molecule has 0 spiro atoms. The van der Waals surface area contributed by atoms with Crippen LogP contribution in [-0.2, 0) is 0 Å². The lowest BCUT2D eigenvalue weighted by Crippen LogP contribution is -2.34. The van der Waals surface area contributed by atoms with E-state index < -0.39 is 0 Å². The van der Waals surface area contributed by atoms with Crippen LogP contribution in [0.15, 0.2) is 40.7 Å². The molecule has 0 aliphatic rings. The molecule has 25 heavy (non-hydrogen) atoms. The van der Waals surface area contributed by atoms with Crippen LogP contribution in [0.2, 0.25) is 0 Å². The van der Waals surface area contributed by atoms with E-state index in [1.165, 1.54) is 11.3 Å². The van der Waals surface area contributed by atoms with Crippen molar-refractivity contribution in [2.24, 2.45) is 5.92 Å². The first-order valence-electron chi connectivity index (χ1n) is 7.76. The number of carbonyl (C=O) groups excluding carboxylic acids is 1. The van der Waals surface area contributed by atoms with Crippen molar-refractivity contribution >= 4 is 46.0 Å². The summed E-state index contributed by atoms with van der Waals surface area (Å²) in [7, 11) is 0. The second-order valence-corrected chi connectivity index (χ2v) is 7.69. The number of fused-ring (bicyclic) bond motifs is 1. The van der Waals surface area contributed by atoms with Crippen LogP contribution in [0.5, 0.6) is 0 Å². The summed E-state index contributed by atoms with van der Waals surface area (Å²) in [4.78, 5) is 24.3. The number of rotatable bonds is 4. The van der Waals surface area contributed by atoms with Gasteiger partial charge in [0.1, 0.15) is 20.5 Å². The number of aromatic nitrogens is 2. The number of nitrogens with zero attached hydrogens (tertiary/aromatic N) is 4. The van der Waals surface area contributed by atoms with E-state index in [1.54, 1.807) is 35.2 Å². The minimum atomic E-state index is -0.138. The fourth-order valence-corrected chi connectivity index (χ4v) is 3.48. The lowest BCUT2D eigenvalue weighted by Gasteiger charge is -2.23. The van der Waals surface area contributed by atoms with Gasteiger partial charge in [-0.25, -0.2) is 9.97 Å². The van der Waals surface area contributed by atoms with E-state index in [0.717, 1.165) is 10.3 Å². The van der Waals surface area contributed by atoms with Crippen molar-refractivity contribution in [1.29, 1.82) is 5.26 Å². The van der Waals surface area contributed by atoms with Gasteiger partial charge in [-0.1, -0.05) is 25.2 Å². The van der Waals surface area contributed by atoms with E-state index in [-0.39, 0.29) is 11.8 Å². The highest BCUT2D eigenvalue weighted by atomic mass is 32.2. The van der Waals surface area contributed by atoms with Crippen LogP contribution in [0.1, 0.15) is 29.8 Å². The molecule has 0 fully saturated rings. The van der Waals surface area contributed by atoms with Crippen LogP contribution in [0.25, 0.3) is 10.3 Å². The molecule has 2 heterocycles. The molecule has 126 valence electrons. The molecule has 3 aromatic rings. The average Bonchev–Trinajstić information content (AvgIpc) is 2.98. The summed E-state index contributed by atoms with van der Waals surface area (Å²) in [5, 5.41) is 8.91. The number of thiol groups is 1. The fraction of sp³-hybridized carbons (Fsp3) is 0.222. The normalized spacial score (nSPS) is 10.8. The summed E-state index contributed by atoms with van der Waals surface area (Å²) < 4.78 is 0.647. The van der Waals surface area contributed by atoms with Crippen LogP contribution in [0.3, 0.4) is 0 Å². The Morgan fingerprint density at radius 2 is 1.96 bits per heavy atom. The molecule has 0 saturated heterocycles. The van der Waals surface area contributed by atoms with Crippen LogP contribution in [0, 0.1) is 17.2 Å². The number of benzene rings is 1. The largest absolute Gasteiger partial charge is 0.292 e. The van der Waals surface area contributed by atoms with E-state index in [9.17, 15) is 4.79 Å². The van der Waals surface area contributed by atoms with E-state index in [2.05, 4.69) is 42.5 Å². The monoisotopic (exact) mass is 368 g/mol. The molecule has 0 aliphatic carbocycles. The highest BCUT2D eigenvalue weighted by molar-refractivity contribution is 7.82. The van der Waals surface area contributed by atoms with Gasteiger partial charge >= 0.3 is 0 Å². The Balaban J connectivity index is 1.99. The van der Waals surface area contributed by atoms with E-state index >= 15 is 0 Å². The first-order valence-corrected chi connectivity index (χ1v) is 9.03. The Morgan fingerprint density at radius 1 is 1.24 bits per heavy atom. The molecule has 0 aliphatic heterocycles. The van der Waals surface area contributed by atoms with Crippen molar-refractivity contribution in [1.82, 2.24) is 9.97 Å². The van der Waals surface area contributed by atoms with Crippen LogP contribution >= 0.6 is 24.0 Å². The lowest BCUT2D eigenvalue weighted by molar-refractivity contribution is 0.0983. The molecule has 0 bridgehead atoms. The van der Waals surface area contributed by atoms with Crippen LogP contribution < -0.4 is 4.90 Å². The molecule has 0 atom stereocenters. The zero-order valence-corrected chi connectivity index (χ0v) is 15.5. The molecule has 0 saturated carbocycles. The molecule has 7 heteroatoms. The van der Waals surface area contributed by atoms with Gasteiger partial charge in [-0.15, -0.1) is 12.6 Å². The highest BCUT2D eigenvalue weighted by Crippen LogP contribution is 2.26. The summed E-state index contributed by atoms with van der Waals surface area (Å²) in [6.07, 6.45) is 0. The number of nitriles is 1. The molecule has 3 rings (SSSR count). The summed E-state index contributed by atoms with van der Waals surface area (Å²) in [5.41, 5.74) is 1.83. The van der Waals surface area contributed by atoms with Gasteiger partial charge in [0.25, 0.3) is 5.91 Å². The Labute approximate surface area is 155 Å². The molecule has 1 aromatic carbocycles. The maximum atomic E-state index is 13.0. The molecular formula is C18H16N4OS2. The van der Waals surface area contributed by atoms with Crippen LogP contribution in [0.4, 0.5) is 5.82 Å². The third-order valence-corrected chi connectivity index (χ3v) is 4.70. The average molecular weight is 368 g/mol. The fourth-order valence-electron chi connectivity index (χ4n) is 2.44. The predicted molar refractivity (Wildman–Crippen MR) is 102 cm³/mol. The topological polar surface area (TPSA) is 69.9 Å². The highest BCUT2D eigenvalue weighted by Gasteiger charge is 2.21. The van der Waals surface area contributed by atoms with Gasteiger partial charge in [-0.2, -0.15) is 5.26 Å². The third kappa shape index (κ3) is 3.81. The number of carbonyl (C=O) groups is 1. The number of amides is 1. The maximum absolute atomic E-state index is 13.0. The SMILES string of the molecule is CC(C)CN(C(=O)c1ccc(C#N)cc1)c1ccc2nc(S)sc2n1. The molecule has 0 unspecified atom stereocenters. The molecule has 0 N–H and O–H groups in total. The van der Waals surface area contributed by atoms with Gasteiger partial charge in [-0.3, -0.25) is 9.69 Å². The van der Waals surface area contributed by atoms with Crippen molar-refractivity contribution in [3.8, 4) is 6.07 Å². The minimum Gasteiger partial charge on any atom is -0.292 e. The van der Waals surface area contributed by atoms with Crippen molar-refractivity contribution in [3.63, 3.8) is 0 Å². The molecule has 1 amide bonds. The quantitative estimate of drug-likeness (QED) is 0.702. The van der Waals surface area contributed by atoms with Gasteiger partial charge in [0, 0.05) is 12.1 Å². The van der Waals surface area contributed by atoms with E-state index in [1.807, 2.05) is 6.07 Å². The van der Waals surface area contributed by atoms with Crippen molar-refractivity contribution < 1.29 is 4.79 Å². The summed E-state index contributed by atoms with van der Waals surface area (Å²) in [6.45, 7) is 4.65. The van der Waals surface area contributed by atoms with Gasteiger partial charge in [0.2, 0.25) is 0 Å². The predicted octanol–water partition coefficient (Wildman–Crippen LogP) is 4.15. The summed E-state index contributed by atoms with van der Waals surface area (Å²) in [5.74, 6) is 0.731. The number of pyridine rings is 1. The van der Waals surface area contributed by atoms with Crippen LogP contribution in [-0.4, -0.2) is 22.4 Å². The van der Waals surface area contributed by atoms with Gasteiger partial charge in [0.15, 0.2) is 0 Å². The first-order chi connectivity index (χ1) is 12.0. The van der Waals surface area contributed by atoms with Crippen molar-refractivity contribution in [3.05, 3.63) is 47.5 Å². The van der Waals surface area contributed by atoms with Gasteiger partial charge < -0.3 is 0 Å². The Morgan fingerprint density at radius 3 is 2.60 bits per heavy atom. The number of hydrogen-bond acceptors (Lipinski definition) is 6. The maximum Gasteiger partial charge on any atom is 0.259 e. The molecule has 0 radical (unpaired) electrons. The number of hydrogen-bond donors (Lipinski definition) is 1. The van der Waals surface area contributed by atoms with Gasteiger partial charge in [0.05, 0.1) is 11.6 Å². The zero-order chi connectivity index (χ0) is 18.0. The summed E-state index contributed by atoms with van der Waals surface area (Å²) in [6, 6.07) is 12.4. The summed E-state index contributed by atoms with van der Waals surface area (Å²) >= 11 is 5.64. The van der Waals surface area contributed by atoms with Crippen molar-refractivity contribution in [2.45, 2.75) is 18.2 Å². The second kappa shape index (κ2) is 7.21. The Hall–Kier alpha value is -2.43. The van der Waals surface area contributed by atoms with E-state index in [4.69, 9.17) is 5.26 Å². The third-order valence-electron chi connectivity index (χ3n) is 3.56. The molecule has 2 aromatic heterocycles. The second-order valence-electron chi connectivity index (χ2n) is 5.99. The smallest absolute Gasteiger partial charge is 0.259 e. The number of anilines is 1. The van der Waals surface area contributed by atoms with Crippen molar-refractivity contribution in [2.75, 3.05) is 11.4 Å².